The van der Waals surface area contributed by atoms with Crippen molar-refractivity contribution in [2.75, 3.05) is 57.2 Å². The van der Waals surface area contributed by atoms with E-state index in [1.165, 1.54) is 13.8 Å². The molecule has 0 spiro atoms. The molecule has 0 aliphatic heterocycles. The standard InChI is InChI=1S/C12H18F7NO4S2.C11H20F7N2O2S.ClH.Na/c1-9(2,7-26(22,23)24)20-8(21)3-5-25-6-4-10(13,11(14,15)16)12(17,18)19;1-20(2,3)7-4-6-19-23(21,22)8-5-9(12,10(13,14)15)11(16,17)18;;/h3-7H2,1-2H3,(H,20,21)(H,22,23,24);19H,4-8H2,1-3H3;1H;/q;+1;;+1/p-2. The molecular formula is C23H37ClF14N3NaO6S3. The zero-order valence-electron chi connectivity index (χ0n) is 27.9. The van der Waals surface area contributed by atoms with Crippen molar-refractivity contribution < 1.29 is 134 Å². The van der Waals surface area contributed by atoms with Crippen LogP contribution in [0.25, 0.3) is 0 Å². The fourth-order valence-electron chi connectivity index (χ4n) is 3.41. The number of rotatable bonds is 17. The first-order chi connectivity index (χ1) is 21.2. The van der Waals surface area contributed by atoms with E-state index >= 15 is 0 Å². The molecule has 0 aliphatic carbocycles. The van der Waals surface area contributed by atoms with Crippen LogP contribution in [-0.2, 0) is 24.9 Å². The van der Waals surface area contributed by atoms with Gasteiger partial charge in [0.25, 0.3) is 11.3 Å². The van der Waals surface area contributed by atoms with Crippen LogP contribution in [0.4, 0.5) is 61.5 Å². The third-order valence-corrected chi connectivity index (χ3v) is 9.37. The third-order valence-electron chi connectivity index (χ3n) is 5.92. The molecule has 0 unspecified atom stereocenters. The molecule has 0 bridgehead atoms. The van der Waals surface area contributed by atoms with E-state index in [-0.39, 0.29) is 60.7 Å². The first-order valence-electron chi connectivity index (χ1n) is 13.5. The van der Waals surface area contributed by atoms with Gasteiger partial charge in [0.1, 0.15) is 0 Å². The van der Waals surface area contributed by atoms with Gasteiger partial charge in [-0.2, -0.15) is 64.4 Å². The van der Waals surface area contributed by atoms with E-state index in [4.69, 9.17) is 0 Å². The normalized spacial score (nSPS) is 14.1. The van der Waals surface area contributed by atoms with Gasteiger partial charge in [0.05, 0.1) is 49.3 Å². The number of carbonyl (C=O) groups excluding carboxylic acids is 1. The predicted octanol–water partition coefficient (Wildman–Crippen LogP) is -0.994. The van der Waals surface area contributed by atoms with Crippen molar-refractivity contribution in [3.8, 4) is 0 Å². The van der Waals surface area contributed by atoms with Crippen LogP contribution in [0.1, 0.15) is 39.5 Å². The monoisotopic (exact) mass is 871 g/mol. The van der Waals surface area contributed by atoms with Gasteiger partial charge in [-0.15, -0.1) is 0 Å². The van der Waals surface area contributed by atoms with Crippen LogP contribution in [0.3, 0.4) is 0 Å². The SMILES string of the molecule is CC(C)(CS(=O)(=O)[O-])NC(=O)CCSCCC(F)(C(F)(F)F)C(F)(F)F.C[N+](C)(C)CCCNS(=O)(=O)CCC(F)(C(F)(F)F)C(F)(F)F.[Cl-].[Na+]. The molecule has 0 aliphatic rings. The van der Waals surface area contributed by atoms with Crippen LogP contribution in [0.2, 0.25) is 0 Å². The summed E-state index contributed by atoms with van der Waals surface area (Å²) in [5, 5.41) is 2.20. The Morgan fingerprint density at radius 3 is 1.47 bits per heavy atom. The maximum absolute atomic E-state index is 13.3. The van der Waals surface area contributed by atoms with Crippen molar-refractivity contribution in [1.82, 2.24) is 10.0 Å². The second kappa shape index (κ2) is 20.7. The summed E-state index contributed by atoms with van der Waals surface area (Å²) >= 11 is 0.499. The van der Waals surface area contributed by atoms with Crippen molar-refractivity contribution in [3.63, 3.8) is 0 Å². The number of amides is 1. The molecule has 0 saturated heterocycles. The van der Waals surface area contributed by atoms with Gasteiger partial charge in [-0.05, 0) is 19.6 Å². The summed E-state index contributed by atoms with van der Waals surface area (Å²) in [4.78, 5) is 11.6. The number of hydrogen-bond donors (Lipinski definition) is 2. The molecule has 0 fully saturated rings. The van der Waals surface area contributed by atoms with Crippen LogP contribution >= 0.6 is 11.8 Å². The summed E-state index contributed by atoms with van der Waals surface area (Å²) in [5.74, 6) is -4.35. The van der Waals surface area contributed by atoms with E-state index in [0.29, 0.717) is 29.2 Å². The first-order valence-corrected chi connectivity index (χ1v) is 17.9. The van der Waals surface area contributed by atoms with Gasteiger partial charge in [0, 0.05) is 43.5 Å². The summed E-state index contributed by atoms with van der Waals surface area (Å²) in [6, 6.07) is 0. The molecule has 28 heteroatoms. The Balaban J connectivity index is -0.000000420. The van der Waals surface area contributed by atoms with Crippen molar-refractivity contribution in [1.29, 1.82) is 0 Å². The summed E-state index contributed by atoms with van der Waals surface area (Å²) < 4.78 is 232. The quantitative estimate of drug-likeness (QED) is 0.0632. The first kappa shape index (κ1) is 57.6. The Hall–Kier alpha value is -0.0900. The maximum atomic E-state index is 13.3. The molecule has 304 valence electrons. The molecule has 0 radical (unpaired) electrons. The molecular weight excluding hydrogens is 835 g/mol. The van der Waals surface area contributed by atoms with Crippen LogP contribution in [0.5, 0.6) is 0 Å². The number of nitrogens with zero attached hydrogens (tertiary/aromatic N) is 1. The Kier molecular flexibility index (Phi) is 23.4. The molecule has 1 amide bonds. The predicted molar refractivity (Wildman–Crippen MR) is 149 cm³/mol. The number of sulfonamides is 1. The number of carbonyl (C=O) groups is 1. The maximum Gasteiger partial charge on any atom is 1.00 e. The minimum absolute atomic E-state index is 0. The van der Waals surface area contributed by atoms with E-state index in [1.807, 2.05) is 25.9 Å². The van der Waals surface area contributed by atoms with Gasteiger partial charge in [0.2, 0.25) is 15.9 Å². The van der Waals surface area contributed by atoms with E-state index in [1.54, 1.807) is 0 Å². The Morgan fingerprint density at radius 2 is 1.12 bits per heavy atom. The van der Waals surface area contributed by atoms with Crippen LogP contribution < -0.4 is 52.0 Å². The minimum atomic E-state index is -6.25. The number of nitrogens with one attached hydrogen (secondary N) is 2. The van der Waals surface area contributed by atoms with Crippen LogP contribution in [0.15, 0.2) is 0 Å². The van der Waals surface area contributed by atoms with E-state index in [0.717, 1.165) is 0 Å². The number of thioether (sulfide) groups is 1. The van der Waals surface area contributed by atoms with E-state index in [2.05, 4.69) is 5.32 Å². The summed E-state index contributed by atoms with van der Waals surface area (Å²) in [6.07, 6.45) is -28.9. The number of alkyl halides is 14. The second-order valence-corrected chi connectivity index (χ2v) is 16.7. The van der Waals surface area contributed by atoms with Gasteiger partial charge < -0.3 is 26.8 Å². The molecule has 0 heterocycles. The number of halogens is 15. The van der Waals surface area contributed by atoms with Gasteiger partial charge in [0.15, 0.2) is 0 Å². The van der Waals surface area contributed by atoms with Crippen molar-refractivity contribution in [2.24, 2.45) is 0 Å². The average molecular weight is 872 g/mol. The van der Waals surface area contributed by atoms with Gasteiger partial charge in [-0.1, -0.05) is 0 Å². The third kappa shape index (κ3) is 22.2. The summed E-state index contributed by atoms with van der Waals surface area (Å²) in [5.41, 5.74) is -12.3. The average Bonchev–Trinajstić information content (AvgIpc) is 2.80. The molecule has 0 saturated carbocycles. The Bertz CT molecular complexity index is 1250. The number of quaternary nitrogens is 1. The Morgan fingerprint density at radius 1 is 0.725 bits per heavy atom. The van der Waals surface area contributed by atoms with Gasteiger partial charge in [-0.25, -0.2) is 30.3 Å². The van der Waals surface area contributed by atoms with Crippen LogP contribution in [0, 0.1) is 0 Å². The largest absolute Gasteiger partial charge is 1.00 e. The van der Waals surface area contributed by atoms with Crippen molar-refractivity contribution in [3.05, 3.63) is 0 Å². The molecule has 0 atom stereocenters. The Labute approximate surface area is 318 Å². The summed E-state index contributed by atoms with van der Waals surface area (Å²) in [7, 11) is -3.62. The molecule has 9 nitrogen and oxygen atoms in total. The zero-order chi connectivity index (χ0) is 39.8. The molecule has 0 aromatic heterocycles. The van der Waals surface area contributed by atoms with E-state index < -0.39 is 97.7 Å². The molecule has 0 rings (SSSR count). The van der Waals surface area contributed by atoms with Gasteiger partial charge >= 0.3 is 54.3 Å². The fraction of sp³-hybridized carbons (Fsp3) is 0.957. The topological polar surface area (TPSA) is 132 Å². The summed E-state index contributed by atoms with van der Waals surface area (Å²) in [6.45, 7) is 2.87. The molecule has 0 aromatic rings. The van der Waals surface area contributed by atoms with E-state index in [9.17, 15) is 87.6 Å². The van der Waals surface area contributed by atoms with Crippen molar-refractivity contribution >= 4 is 37.8 Å². The van der Waals surface area contributed by atoms with Gasteiger partial charge in [-0.3, -0.25) is 4.79 Å². The molecule has 2 N–H and O–H groups in total. The minimum Gasteiger partial charge on any atom is -1.00 e. The fourth-order valence-corrected chi connectivity index (χ4v) is 6.48. The second-order valence-electron chi connectivity index (χ2n) is 12.2. The van der Waals surface area contributed by atoms with Crippen molar-refractivity contribution in [2.45, 2.75) is 81.1 Å². The number of hydrogen-bond acceptors (Lipinski definition) is 7. The van der Waals surface area contributed by atoms with Crippen LogP contribution in [-0.4, -0.2) is 131 Å². The molecule has 51 heavy (non-hydrogen) atoms. The molecule has 0 aromatic carbocycles. The zero-order valence-corrected chi connectivity index (χ0v) is 33.1. The smallest absolute Gasteiger partial charge is 1.00 e.